The third kappa shape index (κ3) is 40.1. The molecule has 11 aromatic heterocycles. The third-order valence-electron chi connectivity index (χ3n) is 13.3. The lowest BCUT2D eigenvalue weighted by Gasteiger charge is -2.04. The normalized spacial score (nSPS) is 8.56. The van der Waals surface area contributed by atoms with Crippen LogP contribution < -0.4 is 27.4 Å². The van der Waals surface area contributed by atoms with Crippen LogP contribution in [0.25, 0.3) is 67.7 Å². The molecule has 0 aliphatic heterocycles. The van der Waals surface area contributed by atoms with E-state index in [1.165, 1.54) is 33.5 Å². The lowest BCUT2D eigenvalue weighted by molar-refractivity contribution is -0.663. The molecule has 12 rings (SSSR count). The maximum absolute atomic E-state index is 4.26. The molecule has 0 aliphatic carbocycles. The Morgan fingerprint density at radius 3 is 0.861 bits per heavy atom. The molecule has 0 saturated heterocycles. The molecule has 0 spiro atoms. The van der Waals surface area contributed by atoms with Crippen LogP contribution in [-0.4, -0.2) is 64.8 Å². The van der Waals surface area contributed by atoms with Crippen molar-refractivity contribution in [3.8, 4) is 67.7 Å². The fraction of sp³-hybridized carbons (Fsp3) is 0.404. The molecule has 0 bridgehead atoms. The van der Waals surface area contributed by atoms with Gasteiger partial charge in [0.15, 0.2) is 5.69 Å². The Morgan fingerprint density at radius 1 is 0.204 bits per heavy atom. The second kappa shape index (κ2) is 73.2. The molecule has 19 heteroatoms. The Hall–Kier alpha value is -10.7. The zero-order valence-corrected chi connectivity index (χ0v) is 73.7. The molecule has 588 valence electrons. The van der Waals surface area contributed by atoms with E-state index in [4.69, 9.17) is 0 Å². The lowest BCUT2D eigenvalue weighted by Crippen LogP contribution is -2.31. The minimum atomic E-state index is 0.949. The van der Waals surface area contributed by atoms with Crippen molar-refractivity contribution in [2.45, 2.75) is 208 Å². The van der Waals surface area contributed by atoms with E-state index in [1.54, 1.807) is 87.7 Å². The topological polar surface area (TPSA) is 191 Å². The SMILES string of the molecule is CC.CC.CC.CC.CC.CC.CC.CC.CC.CC.CC.CC.Cc1ccccc1-c1ccnc[n+]1C.Cc1ccncc1-c1ccnc[n+]1C.Cc1cnccc1-c1ccnc[n+]1C.Cc1cncnc1-c1ccnc[n+]1C.Cc1ncccc1-c1ccnc[n+]1C.Cc1ncncc1-c1ccnc[n+]1C. The monoisotopic (exact) mass is 1480 g/mol. The Bertz CT molecular complexity index is 3130. The van der Waals surface area contributed by atoms with Crippen molar-refractivity contribution >= 4 is 0 Å². The highest BCUT2D eigenvalue weighted by Crippen LogP contribution is 2.21. The molecule has 0 unspecified atom stereocenters. The first-order valence-electron chi connectivity index (χ1n) is 38.8. The summed E-state index contributed by atoms with van der Waals surface area (Å²) in [7, 11) is 11.9. The maximum atomic E-state index is 4.26. The molecule has 108 heavy (non-hydrogen) atoms. The van der Waals surface area contributed by atoms with Crippen molar-refractivity contribution in [3.63, 3.8) is 0 Å². The van der Waals surface area contributed by atoms with Crippen molar-refractivity contribution in [2.24, 2.45) is 42.3 Å². The van der Waals surface area contributed by atoms with Gasteiger partial charge in [-0.05, 0) is 88.1 Å². The molecular formula is C89H143N19+6. The van der Waals surface area contributed by atoms with Crippen molar-refractivity contribution in [3.05, 3.63) is 250 Å². The Balaban J connectivity index is -0.000000273. The van der Waals surface area contributed by atoms with Crippen LogP contribution in [0.15, 0.2) is 216 Å². The summed E-state index contributed by atoms with van der Waals surface area (Å²) in [6.07, 6.45) is 37.4. The van der Waals surface area contributed by atoms with Crippen LogP contribution in [0.4, 0.5) is 0 Å². The molecule has 12 aromatic rings. The van der Waals surface area contributed by atoms with Crippen molar-refractivity contribution in [1.29, 1.82) is 0 Å². The number of rotatable bonds is 6. The van der Waals surface area contributed by atoms with Gasteiger partial charge in [0.2, 0.25) is 0 Å². The van der Waals surface area contributed by atoms with Gasteiger partial charge in [0.1, 0.15) is 84.0 Å². The molecule has 0 amide bonds. The Labute approximate surface area is 656 Å². The Kier molecular flexibility index (Phi) is 73.4. The van der Waals surface area contributed by atoms with Gasteiger partial charge in [-0.1, -0.05) is 220 Å². The van der Waals surface area contributed by atoms with Crippen LogP contribution in [0.1, 0.15) is 200 Å². The van der Waals surface area contributed by atoms with E-state index in [2.05, 4.69) is 116 Å². The first-order chi connectivity index (χ1) is 52.7. The maximum Gasteiger partial charge on any atom is 0.286 e. The van der Waals surface area contributed by atoms with Crippen LogP contribution >= 0.6 is 0 Å². The van der Waals surface area contributed by atoms with E-state index in [9.17, 15) is 0 Å². The molecule has 0 N–H and O–H groups in total. The minimum absolute atomic E-state index is 0.949. The van der Waals surface area contributed by atoms with Gasteiger partial charge in [0.25, 0.3) is 38.0 Å². The molecule has 0 saturated carbocycles. The van der Waals surface area contributed by atoms with E-state index in [1.807, 2.05) is 355 Å². The summed E-state index contributed by atoms with van der Waals surface area (Å²) in [6, 6.07) is 28.3. The summed E-state index contributed by atoms with van der Waals surface area (Å²) in [4.78, 5) is 53.1. The molecule has 11 heterocycles. The summed E-state index contributed by atoms with van der Waals surface area (Å²) in [6.45, 7) is 60.2. The number of hydrogen-bond acceptors (Lipinski definition) is 13. The average molecular weight is 1480 g/mol. The highest BCUT2D eigenvalue weighted by molar-refractivity contribution is 5.62. The van der Waals surface area contributed by atoms with Gasteiger partial charge in [-0.3, -0.25) is 15.0 Å². The standard InChI is InChI=1S/C12H13N2.3C11H12N3.2C10H11N4.12C2H6/c1-10-5-3-4-6-11(10)12-7-8-13-9-14(12)2;1-9-7-12-5-3-10(9)11-4-6-13-8-14(11)2;1-9-3-5-12-7-10(9)11-4-6-13-8-14(11)2;1-9-10(4-3-6-13-9)11-5-7-12-8-14(11)2;1-8-9(5-12-6-13-8)10-3-4-11-7-14(10)2;1-8-5-12-6-13-10(8)9-3-4-11-7-14(9)2;12*1-2/h3-9H,1-2H3;3*3-8H,1-2H3;2*3-7H,1-2H3;12*1-2H3/q6*+1;;;;;;;;;;;;. The lowest BCUT2D eigenvalue weighted by atomic mass is 10.1. The quantitative estimate of drug-likeness (QED) is 0.143. The van der Waals surface area contributed by atoms with Crippen LogP contribution in [0, 0.1) is 41.5 Å². The summed E-state index contributed by atoms with van der Waals surface area (Å²) < 4.78 is 11.9. The van der Waals surface area contributed by atoms with E-state index in [0.717, 1.165) is 67.8 Å². The van der Waals surface area contributed by atoms with Gasteiger partial charge >= 0.3 is 0 Å². The first kappa shape index (κ1) is 108. The number of aryl methyl sites for hydroxylation is 12. The number of benzene rings is 1. The van der Waals surface area contributed by atoms with Crippen LogP contribution in [-0.2, 0) is 42.3 Å². The van der Waals surface area contributed by atoms with Gasteiger partial charge in [-0.15, -0.1) is 0 Å². The first-order valence-corrected chi connectivity index (χ1v) is 38.8. The fourth-order valence-electron chi connectivity index (χ4n) is 8.65. The number of pyridine rings is 3. The highest BCUT2D eigenvalue weighted by Gasteiger charge is 2.14. The highest BCUT2D eigenvalue weighted by atomic mass is 15.0. The van der Waals surface area contributed by atoms with Crippen LogP contribution in [0.2, 0.25) is 0 Å². The summed E-state index contributed by atoms with van der Waals surface area (Å²) >= 11 is 0. The largest absolute Gasteiger partial charge is 0.286 e. The predicted molar refractivity (Wildman–Crippen MR) is 454 cm³/mol. The molecule has 0 radical (unpaired) electrons. The van der Waals surface area contributed by atoms with Gasteiger partial charge in [-0.25, -0.2) is 47.3 Å². The van der Waals surface area contributed by atoms with Crippen LogP contribution in [0.5, 0.6) is 0 Å². The van der Waals surface area contributed by atoms with Gasteiger partial charge in [0.05, 0.1) is 53.5 Å². The zero-order chi connectivity index (χ0) is 83.8. The molecule has 1 aromatic carbocycles. The number of aromatic nitrogens is 19. The molecule has 0 fully saturated rings. The molecule has 19 nitrogen and oxygen atoms in total. The second-order valence-electron chi connectivity index (χ2n) is 19.4. The van der Waals surface area contributed by atoms with Crippen molar-refractivity contribution in [2.75, 3.05) is 0 Å². The summed E-state index contributed by atoms with van der Waals surface area (Å²) in [5.74, 6) is 0. The number of nitrogens with zero attached hydrogens (tertiary/aromatic N) is 19. The molecular weight excluding hydrogens is 1340 g/mol. The van der Waals surface area contributed by atoms with E-state index in [-0.39, 0.29) is 0 Å². The average Bonchev–Trinajstić information content (AvgIpc) is 0.883. The minimum Gasteiger partial charge on any atom is -0.264 e. The molecule has 0 atom stereocenters. The van der Waals surface area contributed by atoms with Gasteiger partial charge in [-0.2, -0.15) is 0 Å². The fourth-order valence-corrected chi connectivity index (χ4v) is 8.65. The van der Waals surface area contributed by atoms with Crippen molar-refractivity contribution in [1.82, 2.24) is 64.8 Å². The zero-order valence-electron chi connectivity index (χ0n) is 73.7. The summed E-state index contributed by atoms with van der Waals surface area (Å²) in [5, 5.41) is 0. The predicted octanol–water partition coefficient (Wildman–Crippen LogP) is 19.4. The van der Waals surface area contributed by atoms with Gasteiger partial charge < -0.3 is 0 Å². The van der Waals surface area contributed by atoms with Crippen LogP contribution in [0.3, 0.4) is 0 Å². The molecule has 0 aliphatic rings. The second-order valence-corrected chi connectivity index (χ2v) is 19.4. The van der Waals surface area contributed by atoms with Gasteiger partial charge in [0, 0.05) is 108 Å². The summed E-state index contributed by atoms with van der Waals surface area (Å²) in [5.41, 5.74) is 20.2. The van der Waals surface area contributed by atoms with E-state index >= 15 is 0 Å². The third-order valence-corrected chi connectivity index (χ3v) is 13.3. The smallest absolute Gasteiger partial charge is 0.264 e. The Morgan fingerprint density at radius 2 is 0.491 bits per heavy atom. The van der Waals surface area contributed by atoms with Crippen molar-refractivity contribution < 1.29 is 27.4 Å². The number of hydrogen-bond donors (Lipinski definition) is 0. The van der Waals surface area contributed by atoms with E-state index in [0.29, 0.717) is 0 Å². The van der Waals surface area contributed by atoms with E-state index < -0.39 is 0 Å².